The Morgan fingerprint density at radius 1 is 0.933 bits per heavy atom. The number of hydrogen-bond donors (Lipinski definition) is 1. The van der Waals surface area contributed by atoms with Gasteiger partial charge in [0, 0.05) is 17.0 Å². The smallest absolute Gasteiger partial charge is 0.248 e. The molecule has 0 spiro atoms. The first-order valence-electron chi connectivity index (χ1n) is 9.22. The lowest BCUT2D eigenvalue weighted by Gasteiger charge is -2.12. The fourth-order valence-electron chi connectivity index (χ4n) is 3.72. The van der Waals surface area contributed by atoms with Crippen molar-refractivity contribution in [3.8, 4) is 11.4 Å². The third-order valence-corrected chi connectivity index (χ3v) is 5.06. The van der Waals surface area contributed by atoms with E-state index in [1.807, 2.05) is 28.8 Å². The number of aromatic amines is 1. The predicted molar refractivity (Wildman–Crippen MR) is 109 cm³/mol. The van der Waals surface area contributed by atoms with E-state index < -0.39 is 23.0 Å². The van der Waals surface area contributed by atoms with Crippen LogP contribution in [0.5, 0.6) is 0 Å². The lowest BCUT2D eigenvalue weighted by Crippen LogP contribution is -2.11. The fourth-order valence-corrected chi connectivity index (χ4v) is 3.72. The van der Waals surface area contributed by atoms with E-state index in [1.165, 1.54) is 24.3 Å². The van der Waals surface area contributed by atoms with Crippen LogP contribution in [0.2, 0.25) is 0 Å². The Hall–Kier alpha value is -3.87. The van der Waals surface area contributed by atoms with Crippen LogP contribution in [-0.4, -0.2) is 14.5 Å². The fraction of sp³-hybridized carbons (Fsp3) is 0.0435. The molecule has 30 heavy (non-hydrogen) atoms. The lowest BCUT2D eigenvalue weighted by molar-refractivity contribution is 0.515. The highest BCUT2D eigenvalue weighted by atomic mass is 19.2. The number of para-hydroxylation sites is 2. The van der Waals surface area contributed by atoms with Gasteiger partial charge in [0.05, 0.1) is 23.1 Å². The van der Waals surface area contributed by atoms with E-state index in [0.29, 0.717) is 27.9 Å². The first kappa shape index (κ1) is 18.2. The molecule has 0 fully saturated rings. The molecule has 0 atom stereocenters. The minimum Gasteiger partial charge on any atom is -0.319 e. The van der Waals surface area contributed by atoms with Gasteiger partial charge in [-0.15, -0.1) is 0 Å². The van der Waals surface area contributed by atoms with Crippen molar-refractivity contribution < 1.29 is 13.2 Å². The number of imidazole rings is 1. The molecule has 2 heterocycles. The van der Waals surface area contributed by atoms with E-state index in [0.717, 1.165) is 11.6 Å². The van der Waals surface area contributed by atoms with Crippen molar-refractivity contribution in [3.05, 3.63) is 100 Å². The number of nitrogens with one attached hydrogen (secondary N) is 1. The number of aromatic nitrogens is 3. The van der Waals surface area contributed by atoms with Crippen molar-refractivity contribution in [1.29, 1.82) is 0 Å². The zero-order valence-electron chi connectivity index (χ0n) is 15.5. The standard InChI is InChI=1S/C23H14F3N3O/c24-15-5-3-4-13(10-15)23-27-18-6-1-2-7-19(18)29(23)12-14-11-20(30)28-22-16(14)8-9-17(25)21(22)26/h1-11H,12H2,(H,28,30). The second-order valence-electron chi connectivity index (χ2n) is 6.96. The largest absolute Gasteiger partial charge is 0.319 e. The van der Waals surface area contributed by atoms with Gasteiger partial charge >= 0.3 is 0 Å². The van der Waals surface area contributed by atoms with E-state index in [9.17, 15) is 18.0 Å². The molecule has 5 rings (SSSR count). The van der Waals surface area contributed by atoms with Crippen LogP contribution in [-0.2, 0) is 6.54 Å². The Balaban J connectivity index is 1.76. The second kappa shape index (κ2) is 6.88. The maximum Gasteiger partial charge on any atom is 0.248 e. The van der Waals surface area contributed by atoms with Gasteiger partial charge in [0.15, 0.2) is 11.6 Å². The molecule has 7 heteroatoms. The summed E-state index contributed by atoms with van der Waals surface area (Å²) in [6, 6.07) is 17.3. The zero-order valence-corrected chi connectivity index (χ0v) is 15.5. The number of benzene rings is 3. The highest BCUT2D eigenvalue weighted by Crippen LogP contribution is 2.28. The van der Waals surface area contributed by atoms with Crippen LogP contribution in [0.1, 0.15) is 5.56 Å². The molecule has 3 aromatic carbocycles. The Labute approximate surface area is 168 Å². The molecule has 2 aromatic heterocycles. The molecule has 0 aliphatic carbocycles. The Morgan fingerprint density at radius 3 is 2.60 bits per heavy atom. The summed E-state index contributed by atoms with van der Waals surface area (Å²) in [5.41, 5.74) is 1.80. The summed E-state index contributed by atoms with van der Waals surface area (Å²) < 4.78 is 43.6. The third kappa shape index (κ3) is 2.95. The van der Waals surface area contributed by atoms with E-state index in [-0.39, 0.29) is 12.1 Å². The molecule has 0 saturated carbocycles. The second-order valence-corrected chi connectivity index (χ2v) is 6.96. The van der Waals surface area contributed by atoms with E-state index >= 15 is 0 Å². The number of hydrogen-bond acceptors (Lipinski definition) is 2. The molecule has 0 bridgehead atoms. The number of halogens is 3. The number of pyridine rings is 1. The summed E-state index contributed by atoms with van der Waals surface area (Å²) in [5, 5.41) is 0.386. The summed E-state index contributed by atoms with van der Waals surface area (Å²) >= 11 is 0. The van der Waals surface area contributed by atoms with Gasteiger partial charge in [0.25, 0.3) is 0 Å². The van der Waals surface area contributed by atoms with Crippen molar-refractivity contribution in [3.63, 3.8) is 0 Å². The minimum absolute atomic E-state index is 0.165. The predicted octanol–water partition coefficient (Wildman–Crippen LogP) is 5.01. The molecule has 0 radical (unpaired) electrons. The van der Waals surface area contributed by atoms with Crippen LogP contribution >= 0.6 is 0 Å². The summed E-state index contributed by atoms with van der Waals surface area (Å²) in [4.78, 5) is 19.1. The number of nitrogens with zero attached hydrogens (tertiary/aromatic N) is 2. The SMILES string of the molecule is O=c1cc(Cn2c(-c3cccc(F)c3)nc3ccccc32)c2ccc(F)c(F)c2[nH]1. The molecule has 5 aromatic rings. The van der Waals surface area contributed by atoms with E-state index in [4.69, 9.17) is 0 Å². The van der Waals surface area contributed by atoms with Crippen LogP contribution in [0.25, 0.3) is 33.3 Å². The maximum atomic E-state index is 14.3. The number of H-pyrrole nitrogens is 1. The summed E-state index contributed by atoms with van der Waals surface area (Å²) in [7, 11) is 0. The zero-order chi connectivity index (χ0) is 20.8. The Morgan fingerprint density at radius 2 is 1.77 bits per heavy atom. The lowest BCUT2D eigenvalue weighted by atomic mass is 10.1. The van der Waals surface area contributed by atoms with Gasteiger partial charge in [-0.25, -0.2) is 18.2 Å². The van der Waals surface area contributed by atoms with Crippen molar-refractivity contribution in [2.75, 3.05) is 0 Å². The highest BCUT2D eigenvalue weighted by molar-refractivity contribution is 5.84. The van der Waals surface area contributed by atoms with Crippen LogP contribution < -0.4 is 5.56 Å². The quantitative estimate of drug-likeness (QED) is 0.459. The van der Waals surface area contributed by atoms with E-state index in [1.54, 1.807) is 12.1 Å². The first-order valence-corrected chi connectivity index (χ1v) is 9.22. The molecule has 0 saturated heterocycles. The van der Waals surface area contributed by atoms with Crippen LogP contribution in [0.4, 0.5) is 13.2 Å². The number of fused-ring (bicyclic) bond motifs is 2. The summed E-state index contributed by atoms with van der Waals surface area (Å²) in [6.45, 7) is 0.165. The molecule has 0 amide bonds. The Kier molecular flexibility index (Phi) is 4.17. The first-order chi connectivity index (χ1) is 14.5. The summed E-state index contributed by atoms with van der Waals surface area (Å²) in [6.07, 6.45) is 0. The molecule has 0 unspecified atom stereocenters. The van der Waals surface area contributed by atoms with Crippen LogP contribution in [0.15, 0.2) is 71.5 Å². The van der Waals surface area contributed by atoms with Crippen LogP contribution in [0.3, 0.4) is 0 Å². The molecular weight excluding hydrogens is 391 g/mol. The van der Waals surface area contributed by atoms with Gasteiger partial charge in [-0.1, -0.05) is 24.3 Å². The molecule has 1 N–H and O–H groups in total. The van der Waals surface area contributed by atoms with Gasteiger partial charge in [0.1, 0.15) is 11.6 Å². The average Bonchev–Trinajstić information content (AvgIpc) is 3.10. The molecule has 4 nitrogen and oxygen atoms in total. The maximum absolute atomic E-state index is 14.3. The van der Waals surface area contributed by atoms with Crippen LogP contribution in [0, 0.1) is 17.5 Å². The molecule has 148 valence electrons. The average molecular weight is 405 g/mol. The highest BCUT2D eigenvalue weighted by Gasteiger charge is 2.17. The van der Waals surface area contributed by atoms with Gasteiger partial charge < -0.3 is 9.55 Å². The third-order valence-electron chi connectivity index (χ3n) is 5.06. The van der Waals surface area contributed by atoms with Crippen molar-refractivity contribution in [1.82, 2.24) is 14.5 Å². The van der Waals surface area contributed by atoms with Crippen molar-refractivity contribution in [2.45, 2.75) is 6.54 Å². The molecular formula is C23H14F3N3O. The van der Waals surface area contributed by atoms with E-state index in [2.05, 4.69) is 9.97 Å². The Bertz CT molecular complexity index is 1490. The summed E-state index contributed by atoms with van der Waals surface area (Å²) in [5.74, 6) is -2.03. The van der Waals surface area contributed by atoms with Crippen molar-refractivity contribution >= 4 is 21.9 Å². The van der Waals surface area contributed by atoms with Gasteiger partial charge in [-0.05, 0) is 42.0 Å². The van der Waals surface area contributed by atoms with Gasteiger partial charge in [-0.2, -0.15) is 0 Å². The normalized spacial score (nSPS) is 11.4. The number of rotatable bonds is 3. The molecule has 0 aliphatic rings. The monoisotopic (exact) mass is 405 g/mol. The minimum atomic E-state index is -1.10. The molecule has 0 aliphatic heterocycles. The van der Waals surface area contributed by atoms with Gasteiger partial charge in [-0.3, -0.25) is 4.79 Å². The van der Waals surface area contributed by atoms with Crippen molar-refractivity contribution in [2.24, 2.45) is 0 Å². The topological polar surface area (TPSA) is 50.7 Å². The van der Waals surface area contributed by atoms with Gasteiger partial charge in [0.2, 0.25) is 5.56 Å².